The van der Waals surface area contributed by atoms with Crippen LogP contribution in [0.25, 0.3) is 10.9 Å². The van der Waals surface area contributed by atoms with Crippen LogP contribution in [-0.4, -0.2) is 15.7 Å². The highest BCUT2D eigenvalue weighted by molar-refractivity contribution is 6.34. The molecule has 1 heterocycles. The maximum absolute atomic E-state index is 12.8. The summed E-state index contributed by atoms with van der Waals surface area (Å²) >= 11 is 6.09. The molecule has 1 aromatic heterocycles. The summed E-state index contributed by atoms with van der Waals surface area (Å²) in [5.74, 6) is -0.0482. The number of carbonyl (C=O) groups is 1. The third kappa shape index (κ3) is 4.02. The summed E-state index contributed by atoms with van der Waals surface area (Å²) in [4.78, 5) is 12.6. The number of anilines is 1. The number of benzene rings is 3. The molecule has 0 aliphatic rings. The monoisotopic (exact) mass is 429 g/mol. The Hall–Kier alpha value is -3.32. The Morgan fingerprint density at radius 1 is 0.967 bits per heavy atom. The summed E-state index contributed by atoms with van der Waals surface area (Å²) < 4.78 is 40.0. The van der Waals surface area contributed by atoms with Crippen molar-refractivity contribution < 1.29 is 18.0 Å². The van der Waals surface area contributed by atoms with Gasteiger partial charge in [0.25, 0.3) is 5.91 Å². The first-order valence-electron chi connectivity index (χ1n) is 9.00. The molecule has 4 rings (SSSR count). The van der Waals surface area contributed by atoms with E-state index in [-0.39, 0.29) is 6.54 Å². The van der Waals surface area contributed by atoms with Crippen LogP contribution in [0.4, 0.5) is 19.0 Å². The topological polar surface area (TPSA) is 46.9 Å². The summed E-state index contributed by atoms with van der Waals surface area (Å²) in [6, 6.07) is 18.9. The number of para-hydroxylation sites is 1. The molecule has 30 heavy (non-hydrogen) atoms. The van der Waals surface area contributed by atoms with Crippen LogP contribution < -0.4 is 5.32 Å². The Labute approximate surface area is 174 Å². The Balaban J connectivity index is 1.64. The van der Waals surface area contributed by atoms with Crippen molar-refractivity contribution in [3.8, 4) is 0 Å². The molecule has 0 bridgehead atoms. The molecular weight excluding hydrogens is 415 g/mol. The maximum atomic E-state index is 12.8. The minimum Gasteiger partial charge on any atom is -0.305 e. The molecule has 4 nitrogen and oxygen atoms in total. The first kappa shape index (κ1) is 20.0. The third-order valence-electron chi connectivity index (χ3n) is 4.62. The lowest BCUT2D eigenvalue weighted by atomic mass is 10.1. The van der Waals surface area contributed by atoms with Crippen molar-refractivity contribution in [3.63, 3.8) is 0 Å². The average Bonchev–Trinajstić information content (AvgIpc) is 3.05. The van der Waals surface area contributed by atoms with Crippen LogP contribution in [-0.2, 0) is 12.7 Å². The Bertz CT molecular complexity index is 1220. The van der Waals surface area contributed by atoms with Crippen molar-refractivity contribution >= 4 is 34.2 Å². The van der Waals surface area contributed by atoms with Crippen molar-refractivity contribution in [3.05, 3.63) is 94.5 Å². The summed E-state index contributed by atoms with van der Waals surface area (Å²) in [6.07, 6.45) is -4.38. The van der Waals surface area contributed by atoms with Crippen molar-refractivity contribution in [2.45, 2.75) is 12.7 Å². The summed E-state index contributed by atoms with van der Waals surface area (Å²) in [5.41, 5.74) is 1.01. The smallest absolute Gasteiger partial charge is 0.305 e. The van der Waals surface area contributed by atoms with Gasteiger partial charge in [-0.1, -0.05) is 48.0 Å². The zero-order valence-electron chi connectivity index (χ0n) is 15.4. The predicted molar refractivity (Wildman–Crippen MR) is 110 cm³/mol. The Morgan fingerprint density at radius 3 is 2.33 bits per heavy atom. The fourth-order valence-electron chi connectivity index (χ4n) is 3.13. The van der Waals surface area contributed by atoms with Gasteiger partial charge in [0.05, 0.1) is 28.2 Å². The third-order valence-corrected chi connectivity index (χ3v) is 4.95. The number of fused-ring (bicyclic) bond motifs is 1. The molecule has 1 amide bonds. The van der Waals surface area contributed by atoms with Crippen LogP contribution in [0, 0.1) is 0 Å². The second-order valence-electron chi connectivity index (χ2n) is 6.65. The highest BCUT2D eigenvalue weighted by Gasteiger charge is 2.30. The molecule has 1 N–H and O–H groups in total. The van der Waals surface area contributed by atoms with Gasteiger partial charge in [0.2, 0.25) is 0 Å². The van der Waals surface area contributed by atoms with Crippen molar-refractivity contribution in [1.29, 1.82) is 0 Å². The van der Waals surface area contributed by atoms with Crippen LogP contribution in [0.1, 0.15) is 21.5 Å². The second kappa shape index (κ2) is 7.84. The minimum atomic E-state index is -4.38. The molecule has 4 aromatic rings. The fraction of sp³-hybridized carbons (Fsp3) is 0.0909. The lowest BCUT2D eigenvalue weighted by Gasteiger charge is -2.08. The zero-order chi connectivity index (χ0) is 21.3. The van der Waals surface area contributed by atoms with Crippen LogP contribution >= 0.6 is 11.6 Å². The Kier molecular flexibility index (Phi) is 5.22. The molecule has 0 unspecified atom stereocenters. The van der Waals surface area contributed by atoms with Gasteiger partial charge in [0.1, 0.15) is 0 Å². The number of hydrogen-bond acceptors (Lipinski definition) is 2. The van der Waals surface area contributed by atoms with Crippen molar-refractivity contribution in [1.82, 2.24) is 9.78 Å². The molecule has 0 saturated carbocycles. The number of carbonyl (C=O) groups excluding carboxylic acids is 1. The number of hydrogen-bond donors (Lipinski definition) is 1. The number of nitrogens with one attached hydrogen (secondary N) is 1. The lowest BCUT2D eigenvalue weighted by molar-refractivity contribution is -0.137. The molecule has 0 spiro atoms. The zero-order valence-corrected chi connectivity index (χ0v) is 16.2. The van der Waals surface area contributed by atoms with Gasteiger partial charge in [0.15, 0.2) is 5.82 Å². The molecule has 0 aliphatic carbocycles. The van der Waals surface area contributed by atoms with E-state index < -0.39 is 17.6 Å². The molecular formula is C22H15ClF3N3O. The Morgan fingerprint density at radius 2 is 1.63 bits per heavy atom. The predicted octanol–water partition coefficient (Wildman–Crippen LogP) is 6.01. The number of rotatable bonds is 4. The summed E-state index contributed by atoms with van der Waals surface area (Å²) in [7, 11) is 0. The average molecular weight is 430 g/mol. The molecule has 0 radical (unpaired) electrons. The molecule has 0 atom stereocenters. The van der Waals surface area contributed by atoms with Crippen LogP contribution in [0.15, 0.2) is 72.8 Å². The van der Waals surface area contributed by atoms with Gasteiger partial charge in [-0.3, -0.25) is 9.48 Å². The SMILES string of the molecule is O=C(Nc1nn(Cc2ccc(C(F)(F)F)cc2)c2ccccc12)c1ccccc1Cl. The van der Waals surface area contributed by atoms with Crippen LogP contribution in [0.2, 0.25) is 5.02 Å². The van der Waals surface area contributed by atoms with Gasteiger partial charge in [-0.15, -0.1) is 0 Å². The van der Waals surface area contributed by atoms with Gasteiger partial charge in [-0.25, -0.2) is 0 Å². The molecule has 0 aliphatic heterocycles. The fourth-order valence-corrected chi connectivity index (χ4v) is 3.35. The summed E-state index contributed by atoms with van der Waals surface area (Å²) in [5, 5.41) is 8.28. The van der Waals surface area contributed by atoms with E-state index in [1.807, 2.05) is 24.3 Å². The quantitative estimate of drug-likeness (QED) is 0.432. The highest BCUT2D eigenvalue weighted by Crippen LogP contribution is 2.30. The van der Waals surface area contributed by atoms with E-state index in [9.17, 15) is 18.0 Å². The highest BCUT2D eigenvalue weighted by atomic mass is 35.5. The van der Waals surface area contributed by atoms with Gasteiger partial charge >= 0.3 is 6.18 Å². The van der Waals surface area contributed by atoms with Gasteiger partial charge < -0.3 is 5.32 Å². The van der Waals surface area contributed by atoms with E-state index in [2.05, 4.69) is 10.4 Å². The normalized spacial score (nSPS) is 11.6. The minimum absolute atomic E-state index is 0.251. The van der Waals surface area contributed by atoms with E-state index in [0.29, 0.717) is 27.4 Å². The number of nitrogens with zero attached hydrogens (tertiary/aromatic N) is 2. The van der Waals surface area contributed by atoms with E-state index in [1.54, 1.807) is 28.9 Å². The van der Waals surface area contributed by atoms with Gasteiger partial charge in [0, 0.05) is 5.39 Å². The van der Waals surface area contributed by atoms with Gasteiger partial charge in [-0.05, 0) is 42.0 Å². The first-order valence-corrected chi connectivity index (χ1v) is 9.38. The first-order chi connectivity index (χ1) is 14.3. The molecule has 3 aromatic carbocycles. The molecule has 0 fully saturated rings. The van der Waals surface area contributed by atoms with E-state index >= 15 is 0 Å². The molecule has 152 valence electrons. The van der Waals surface area contributed by atoms with Crippen LogP contribution in [0.5, 0.6) is 0 Å². The van der Waals surface area contributed by atoms with E-state index in [1.165, 1.54) is 12.1 Å². The summed E-state index contributed by atoms with van der Waals surface area (Å²) in [6.45, 7) is 0.251. The molecule has 0 saturated heterocycles. The van der Waals surface area contributed by atoms with E-state index in [0.717, 1.165) is 17.6 Å². The van der Waals surface area contributed by atoms with Gasteiger partial charge in [-0.2, -0.15) is 18.3 Å². The maximum Gasteiger partial charge on any atom is 0.416 e. The number of halogens is 4. The van der Waals surface area contributed by atoms with Crippen LogP contribution in [0.3, 0.4) is 0 Å². The standard InChI is InChI=1S/C22H15ClF3N3O/c23-18-7-3-1-5-16(18)21(30)27-20-17-6-2-4-8-19(17)29(28-20)13-14-9-11-15(12-10-14)22(24,25)26/h1-12H,13H2,(H,27,28,30). The second-order valence-corrected chi connectivity index (χ2v) is 7.06. The van der Waals surface area contributed by atoms with Crippen molar-refractivity contribution in [2.75, 3.05) is 5.32 Å². The van der Waals surface area contributed by atoms with Crippen molar-refractivity contribution in [2.24, 2.45) is 0 Å². The number of alkyl halides is 3. The number of aromatic nitrogens is 2. The van der Waals surface area contributed by atoms with E-state index in [4.69, 9.17) is 11.6 Å². The number of amides is 1. The largest absolute Gasteiger partial charge is 0.416 e. The molecule has 8 heteroatoms. The lowest BCUT2D eigenvalue weighted by Crippen LogP contribution is -2.13.